The van der Waals surface area contributed by atoms with Crippen molar-refractivity contribution >= 4 is 11.8 Å². The SMILES string of the molecule is COc1ccc(OCCSc2ccc(F)cc2)cc1. The summed E-state index contributed by atoms with van der Waals surface area (Å²) in [6.07, 6.45) is 0. The van der Waals surface area contributed by atoms with Crippen LogP contribution in [0.1, 0.15) is 0 Å². The van der Waals surface area contributed by atoms with Crippen molar-refractivity contribution in [1.29, 1.82) is 0 Å². The third-order valence-corrected chi connectivity index (χ3v) is 3.47. The standard InChI is InChI=1S/C15H15FO2S/c1-17-13-4-6-14(7-5-13)18-10-11-19-15-8-2-12(16)3-9-15/h2-9H,10-11H2,1H3. The van der Waals surface area contributed by atoms with Gasteiger partial charge in [-0.2, -0.15) is 0 Å². The third kappa shape index (κ3) is 4.48. The molecule has 4 heteroatoms. The Hall–Kier alpha value is -1.68. The fraction of sp³-hybridized carbons (Fsp3) is 0.200. The van der Waals surface area contributed by atoms with E-state index in [4.69, 9.17) is 9.47 Å². The summed E-state index contributed by atoms with van der Waals surface area (Å²) in [4.78, 5) is 1.04. The van der Waals surface area contributed by atoms with Crippen molar-refractivity contribution in [2.75, 3.05) is 19.5 Å². The lowest BCUT2D eigenvalue weighted by Gasteiger charge is -2.07. The van der Waals surface area contributed by atoms with Crippen LogP contribution in [0, 0.1) is 5.82 Å². The van der Waals surface area contributed by atoms with Gasteiger partial charge in [0.2, 0.25) is 0 Å². The van der Waals surface area contributed by atoms with Crippen molar-refractivity contribution in [3.8, 4) is 11.5 Å². The zero-order chi connectivity index (χ0) is 13.5. The molecule has 0 unspecified atom stereocenters. The molecule has 0 aliphatic carbocycles. The van der Waals surface area contributed by atoms with Crippen molar-refractivity contribution in [2.45, 2.75) is 4.90 Å². The molecule has 0 atom stereocenters. The molecular formula is C15H15FO2S. The minimum atomic E-state index is -0.209. The highest BCUT2D eigenvalue weighted by Gasteiger charge is 1.97. The molecule has 100 valence electrons. The van der Waals surface area contributed by atoms with E-state index in [0.717, 1.165) is 22.1 Å². The highest BCUT2D eigenvalue weighted by molar-refractivity contribution is 7.99. The van der Waals surface area contributed by atoms with E-state index >= 15 is 0 Å². The van der Waals surface area contributed by atoms with Gasteiger partial charge in [0.1, 0.15) is 17.3 Å². The average Bonchev–Trinajstić information content (AvgIpc) is 2.46. The summed E-state index contributed by atoms with van der Waals surface area (Å²) in [6, 6.07) is 14.0. The van der Waals surface area contributed by atoms with Gasteiger partial charge in [-0.1, -0.05) is 0 Å². The van der Waals surface area contributed by atoms with E-state index in [1.54, 1.807) is 31.0 Å². The molecule has 0 saturated carbocycles. The van der Waals surface area contributed by atoms with Crippen LogP contribution in [0.3, 0.4) is 0 Å². The van der Waals surface area contributed by atoms with Gasteiger partial charge >= 0.3 is 0 Å². The smallest absolute Gasteiger partial charge is 0.123 e. The average molecular weight is 278 g/mol. The second kappa shape index (κ2) is 7.04. The zero-order valence-electron chi connectivity index (χ0n) is 10.6. The molecular weight excluding hydrogens is 263 g/mol. The van der Waals surface area contributed by atoms with Gasteiger partial charge in [0.15, 0.2) is 0 Å². The summed E-state index contributed by atoms with van der Waals surface area (Å²) in [5.41, 5.74) is 0. The Kier molecular flexibility index (Phi) is 5.10. The van der Waals surface area contributed by atoms with Gasteiger partial charge in [-0.25, -0.2) is 4.39 Å². The molecule has 0 aromatic heterocycles. The van der Waals surface area contributed by atoms with Gasteiger partial charge in [-0.15, -0.1) is 11.8 Å². The molecule has 2 aromatic rings. The molecule has 19 heavy (non-hydrogen) atoms. The number of benzene rings is 2. The highest BCUT2D eigenvalue weighted by atomic mass is 32.2. The van der Waals surface area contributed by atoms with Crippen LogP contribution in [0.4, 0.5) is 4.39 Å². The van der Waals surface area contributed by atoms with E-state index in [2.05, 4.69) is 0 Å². The minimum absolute atomic E-state index is 0.209. The molecule has 0 fully saturated rings. The Balaban J connectivity index is 1.72. The first kappa shape index (κ1) is 13.7. The number of rotatable bonds is 6. The molecule has 0 radical (unpaired) electrons. The first-order valence-electron chi connectivity index (χ1n) is 5.93. The largest absolute Gasteiger partial charge is 0.497 e. The number of halogens is 1. The molecule has 0 bridgehead atoms. The van der Waals surface area contributed by atoms with E-state index in [1.807, 2.05) is 24.3 Å². The first-order chi connectivity index (χ1) is 9.28. The minimum Gasteiger partial charge on any atom is -0.497 e. The fourth-order valence-electron chi connectivity index (χ4n) is 1.52. The highest BCUT2D eigenvalue weighted by Crippen LogP contribution is 2.20. The summed E-state index contributed by atoms with van der Waals surface area (Å²) >= 11 is 1.64. The van der Waals surface area contributed by atoms with Crippen LogP contribution in [0.2, 0.25) is 0 Å². The van der Waals surface area contributed by atoms with Gasteiger partial charge in [0.05, 0.1) is 13.7 Å². The van der Waals surface area contributed by atoms with Gasteiger partial charge in [0.25, 0.3) is 0 Å². The Morgan fingerprint density at radius 1 is 0.947 bits per heavy atom. The van der Waals surface area contributed by atoms with Crippen LogP contribution >= 0.6 is 11.8 Å². The quantitative estimate of drug-likeness (QED) is 0.587. The summed E-state index contributed by atoms with van der Waals surface area (Å²) in [5.74, 6) is 2.24. The predicted molar refractivity (Wildman–Crippen MR) is 75.6 cm³/mol. The number of hydrogen-bond acceptors (Lipinski definition) is 3. The Labute approximate surface area is 116 Å². The first-order valence-corrected chi connectivity index (χ1v) is 6.92. The van der Waals surface area contributed by atoms with Crippen molar-refractivity contribution in [1.82, 2.24) is 0 Å². The monoisotopic (exact) mass is 278 g/mol. The Morgan fingerprint density at radius 2 is 1.58 bits per heavy atom. The van der Waals surface area contributed by atoms with Crippen molar-refractivity contribution in [3.05, 3.63) is 54.3 Å². The van der Waals surface area contributed by atoms with E-state index in [0.29, 0.717) is 6.61 Å². The van der Waals surface area contributed by atoms with Crippen molar-refractivity contribution < 1.29 is 13.9 Å². The Morgan fingerprint density at radius 3 is 2.21 bits per heavy atom. The lowest BCUT2D eigenvalue weighted by molar-refractivity contribution is 0.342. The number of hydrogen-bond donors (Lipinski definition) is 0. The summed E-state index contributed by atoms with van der Waals surface area (Å²) < 4.78 is 23.4. The molecule has 0 aliphatic rings. The predicted octanol–water partition coefficient (Wildman–Crippen LogP) is 4.01. The van der Waals surface area contributed by atoms with E-state index < -0.39 is 0 Å². The second-order valence-electron chi connectivity index (χ2n) is 3.83. The zero-order valence-corrected chi connectivity index (χ0v) is 11.5. The van der Waals surface area contributed by atoms with Crippen LogP contribution in [0.25, 0.3) is 0 Å². The van der Waals surface area contributed by atoms with Gasteiger partial charge in [0, 0.05) is 10.6 Å². The Bertz CT molecular complexity index is 497. The molecule has 2 nitrogen and oxygen atoms in total. The molecule has 0 amide bonds. The normalized spacial score (nSPS) is 10.2. The van der Waals surface area contributed by atoms with Crippen molar-refractivity contribution in [3.63, 3.8) is 0 Å². The number of methoxy groups -OCH3 is 1. The lowest BCUT2D eigenvalue weighted by atomic mass is 10.3. The summed E-state index contributed by atoms with van der Waals surface area (Å²) in [5, 5.41) is 0. The molecule has 0 aliphatic heterocycles. The topological polar surface area (TPSA) is 18.5 Å². The maximum atomic E-state index is 12.7. The molecule has 2 aromatic carbocycles. The van der Waals surface area contributed by atoms with Crippen LogP contribution in [-0.4, -0.2) is 19.5 Å². The van der Waals surface area contributed by atoms with Crippen molar-refractivity contribution in [2.24, 2.45) is 0 Å². The molecule has 2 rings (SSSR count). The molecule has 0 spiro atoms. The maximum absolute atomic E-state index is 12.7. The van der Waals surface area contributed by atoms with Crippen LogP contribution < -0.4 is 9.47 Å². The summed E-state index contributed by atoms with van der Waals surface area (Å²) in [7, 11) is 1.63. The van der Waals surface area contributed by atoms with Gasteiger partial charge < -0.3 is 9.47 Å². The number of ether oxygens (including phenoxy) is 2. The van der Waals surface area contributed by atoms with Crippen LogP contribution in [-0.2, 0) is 0 Å². The van der Waals surface area contributed by atoms with E-state index in [-0.39, 0.29) is 5.82 Å². The van der Waals surface area contributed by atoms with E-state index in [1.165, 1.54) is 12.1 Å². The van der Waals surface area contributed by atoms with Gasteiger partial charge in [-0.05, 0) is 48.5 Å². The molecule has 0 N–H and O–H groups in total. The molecule has 0 heterocycles. The maximum Gasteiger partial charge on any atom is 0.123 e. The van der Waals surface area contributed by atoms with Gasteiger partial charge in [-0.3, -0.25) is 0 Å². The van der Waals surface area contributed by atoms with Crippen LogP contribution in [0.5, 0.6) is 11.5 Å². The second-order valence-corrected chi connectivity index (χ2v) is 4.99. The number of thioether (sulfide) groups is 1. The van der Waals surface area contributed by atoms with E-state index in [9.17, 15) is 4.39 Å². The molecule has 0 saturated heterocycles. The summed E-state index contributed by atoms with van der Waals surface area (Å²) in [6.45, 7) is 0.606. The third-order valence-electron chi connectivity index (χ3n) is 2.49. The van der Waals surface area contributed by atoms with Crippen LogP contribution in [0.15, 0.2) is 53.4 Å². The fourth-order valence-corrected chi connectivity index (χ4v) is 2.25. The lowest BCUT2D eigenvalue weighted by Crippen LogP contribution is -1.99.